The van der Waals surface area contributed by atoms with Crippen molar-refractivity contribution in [2.24, 2.45) is 0 Å². The van der Waals surface area contributed by atoms with Crippen molar-refractivity contribution in [3.63, 3.8) is 0 Å². The van der Waals surface area contributed by atoms with Crippen LogP contribution >= 0.6 is 24.0 Å². The molecule has 0 spiro atoms. The molecule has 1 N–H and O–H groups in total. The van der Waals surface area contributed by atoms with Crippen molar-refractivity contribution in [2.45, 2.75) is 42.3 Å². The predicted molar refractivity (Wildman–Crippen MR) is 116 cm³/mol. The highest BCUT2D eigenvalue weighted by Gasteiger charge is 2.41. The van der Waals surface area contributed by atoms with Gasteiger partial charge in [0.15, 0.2) is 10.2 Å². The summed E-state index contributed by atoms with van der Waals surface area (Å²) >= 11 is 7.26. The van der Waals surface area contributed by atoms with Crippen molar-refractivity contribution in [1.29, 1.82) is 0 Å². The minimum absolute atomic E-state index is 0.00489. The number of nitrogens with zero attached hydrogens (tertiary/aromatic N) is 2. The smallest absolute Gasteiger partial charge is 0.170 e. The topological polar surface area (TPSA) is 41.3 Å². The Kier molecular flexibility index (Phi) is 5.69. The standard InChI is InChI=1S/C22H23N3OS2/c1-3-14-25-21(20(24-22(25)27)17-6-4-5-13-23-17)18-11-12-19(26-18)28-16-9-7-15(2)8-10-16/h4-13,20-21H,3,14H2,1-2H3,(H,24,27). The van der Waals surface area contributed by atoms with Crippen LogP contribution in [0, 0.1) is 6.92 Å². The average Bonchev–Trinajstić information content (AvgIpc) is 3.29. The van der Waals surface area contributed by atoms with Crippen LogP contribution in [0.1, 0.15) is 42.4 Å². The van der Waals surface area contributed by atoms with Crippen molar-refractivity contribution < 1.29 is 4.42 Å². The van der Waals surface area contributed by atoms with E-state index in [9.17, 15) is 0 Å². The largest absolute Gasteiger partial charge is 0.452 e. The quantitative estimate of drug-likeness (QED) is 0.541. The molecule has 1 aromatic carbocycles. The Balaban J connectivity index is 1.63. The summed E-state index contributed by atoms with van der Waals surface area (Å²) < 4.78 is 6.27. The van der Waals surface area contributed by atoms with Gasteiger partial charge in [0.25, 0.3) is 0 Å². The molecule has 1 saturated heterocycles. The van der Waals surface area contributed by atoms with Gasteiger partial charge in [-0.15, -0.1) is 0 Å². The summed E-state index contributed by atoms with van der Waals surface area (Å²) in [5.74, 6) is 0.908. The zero-order chi connectivity index (χ0) is 19.5. The molecule has 2 unspecified atom stereocenters. The van der Waals surface area contributed by atoms with E-state index in [4.69, 9.17) is 16.6 Å². The molecule has 0 radical (unpaired) electrons. The van der Waals surface area contributed by atoms with Crippen LogP contribution in [-0.2, 0) is 0 Å². The van der Waals surface area contributed by atoms with Crippen molar-refractivity contribution in [3.05, 3.63) is 77.8 Å². The molecule has 3 heterocycles. The number of rotatable bonds is 6. The van der Waals surface area contributed by atoms with Crippen LogP contribution in [0.5, 0.6) is 0 Å². The minimum atomic E-state index is -0.0244. The second kappa shape index (κ2) is 8.37. The van der Waals surface area contributed by atoms with Gasteiger partial charge >= 0.3 is 0 Å². The van der Waals surface area contributed by atoms with Gasteiger partial charge in [0.2, 0.25) is 0 Å². The molecular formula is C22H23N3OS2. The molecule has 4 rings (SSSR count). The first kappa shape index (κ1) is 19.0. The average molecular weight is 410 g/mol. The van der Waals surface area contributed by atoms with Gasteiger partial charge in [0.05, 0.1) is 11.7 Å². The van der Waals surface area contributed by atoms with E-state index in [1.165, 1.54) is 10.5 Å². The highest BCUT2D eigenvalue weighted by Crippen LogP contribution is 2.41. The first-order valence-corrected chi connectivity index (χ1v) is 10.7. The fourth-order valence-electron chi connectivity index (χ4n) is 3.47. The lowest BCUT2D eigenvalue weighted by Gasteiger charge is -2.25. The summed E-state index contributed by atoms with van der Waals surface area (Å²) in [7, 11) is 0. The van der Waals surface area contributed by atoms with E-state index < -0.39 is 0 Å². The summed E-state index contributed by atoms with van der Waals surface area (Å²) in [5, 5.41) is 5.09. The third-order valence-corrected chi connectivity index (χ3v) is 6.08. The zero-order valence-electron chi connectivity index (χ0n) is 16.0. The zero-order valence-corrected chi connectivity index (χ0v) is 17.6. The van der Waals surface area contributed by atoms with Crippen LogP contribution < -0.4 is 5.32 Å². The van der Waals surface area contributed by atoms with E-state index in [1.807, 2.05) is 30.5 Å². The predicted octanol–water partition coefficient (Wildman–Crippen LogP) is 5.52. The Morgan fingerprint density at radius 3 is 2.68 bits per heavy atom. The molecule has 3 aromatic rings. The molecule has 0 saturated carbocycles. The number of pyridine rings is 1. The normalized spacial score (nSPS) is 19.1. The summed E-state index contributed by atoms with van der Waals surface area (Å²) in [6.07, 6.45) is 2.83. The SMILES string of the molecule is CCCN1C(=S)NC(c2ccccn2)C1c1ccc(Sc2ccc(C)cc2)o1. The molecule has 6 heteroatoms. The van der Waals surface area contributed by atoms with E-state index in [0.717, 1.165) is 34.6 Å². The van der Waals surface area contributed by atoms with E-state index in [0.29, 0.717) is 0 Å². The fourth-order valence-corrected chi connectivity index (χ4v) is 4.58. The van der Waals surface area contributed by atoms with Crippen molar-refractivity contribution in [3.8, 4) is 0 Å². The molecule has 1 fully saturated rings. The van der Waals surface area contributed by atoms with Gasteiger partial charge < -0.3 is 14.6 Å². The van der Waals surface area contributed by atoms with Gasteiger partial charge in [-0.05, 0) is 62.0 Å². The molecule has 1 aliphatic rings. The number of thiocarbonyl (C=S) groups is 1. The van der Waals surface area contributed by atoms with Gasteiger partial charge in [-0.25, -0.2) is 0 Å². The fraction of sp³-hybridized carbons (Fsp3) is 0.273. The molecule has 2 aromatic heterocycles. The number of aromatic nitrogens is 1. The maximum absolute atomic E-state index is 6.27. The van der Waals surface area contributed by atoms with Crippen LogP contribution in [0.25, 0.3) is 0 Å². The third-order valence-electron chi connectivity index (χ3n) is 4.80. The Morgan fingerprint density at radius 1 is 1.14 bits per heavy atom. The van der Waals surface area contributed by atoms with Gasteiger partial charge in [-0.1, -0.05) is 42.4 Å². The number of nitrogens with one attached hydrogen (secondary N) is 1. The van der Waals surface area contributed by atoms with E-state index >= 15 is 0 Å². The summed E-state index contributed by atoms with van der Waals surface area (Å²) in [6.45, 7) is 5.13. The second-order valence-electron chi connectivity index (χ2n) is 6.89. The minimum Gasteiger partial charge on any atom is -0.452 e. The molecule has 28 heavy (non-hydrogen) atoms. The van der Waals surface area contributed by atoms with Gasteiger partial charge in [0.1, 0.15) is 11.8 Å². The van der Waals surface area contributed by atoms with Gasteiger partial charge in [-0.2, -0.15) is 0 Å². The Bertz CT molecular complexity index is 940. The molecule has 1 aliphatic heterocycles. The van der Waals surface area contributed by atoms with Crippen molar-refractivity contribution in [2.75, 3.05) is 6.54 Å². The Labute approximate surface area is 175 Å². The molecule has 0 aliphatic carbocycles. The van der Waals surface area contributed by atoms with Crippen LogP contribution in [-0.4, -0.2) is 21.5 Å². The first-order valence-electron chi connectivity index (χ1n) is 9.48. The maximum Gasteiger partial charge on any atom is 0.170 e. The Hall–Kier alpha value is -2.31. The Morgan fingerprint density at radius 2 is 1.96 bits per heavy atom. The van der Waals surface area contributed by atoms with Crippen molar-refractivity contribution in [1.82, 2.24) is 15.2 Å². The molecular weight excluding hydrogens is 386 g/mol. The summed E-state index contributed by atoms with van der Waals surface area (Å²) in [6, 6.07) is 18.5. The van der Waals surface area contributed by atoms with Crippen LogP contribution in [0.3, 0.4) is 0 Å². The number of benzene rings is 1. The van der Waals surface area contributed by atoms with Crippen molar-refractivity contribution >= 4 is 29.1 Å². The highest BCUT2D eigenvalue weighted by atomic mass is 32.2. The van der Waals surface area contributed by atoms with E-state index in [1.54, 1.807) is 11.8 Å². The number of hydrogen-bond donors (Lipinski definition) is 1. The molecule has 0 amide bonds. The number of furan rings is 1. The second-order valence-corrected chi connectivity index (χ2v) is 8.36. The highest BCUT2D eigenvalue weighted by molar-refractivity contribution is 7.99. The molecule has 4 nitrogen and oxygen atoms in total. The summed E-state index contributed by atoms with van der Waals surface area (Å²) in [5.41, 5.74) is 2.22. The number of hydrogen-bond acceptors (Lipinski definition) is 4. The molecule has 2 atom stereocenters. The van der Waals surface area contributed by atoms with E-state index in [-0.39, 0.29) is 12.1 Å². The van der Waals surface area contributed by atoms with Crippen LogP contribution in [0.4, 0.5) is 0 Å². The lowest BCUT2D eigenvalue weighted by atomic mass is 10.0. The molecule has 144 valence electrons. The maximum atomic E-state index is 6.27. The van der Waals surface area contributed by atoms with Gasteiger partial charge in [-0.3, -0.25) is 4.98 Å². The third kappa shape index (κ3) is 3.93. The first-order chi connectivity index (χ1) is 13.7. The summed E-state index contributed by atoms with van der Waals surface area (Å²) in [4.78, 5) is 7.93. The van der Waals surface area contributed by atoms with Crippen LogP contribution in [0.2, 0.25) is 0 Å². The van der Waals surface area contributed by atoms with E-state index in [2.05, 4.69) is 59.4 Å². The lowest BCUT2D eigenvalue weighted by molar-refractivity contribution is 0.260. The van der Waals surface area contributed by atoms with Crippen LogP contribution in [0.15, 0.2) is 75.2 Å². The lowest BCUT2D eigenvalue weighted by Crippen LogP contribution is -2.30. The molecule has 0 bridgehead atoms. The number of aryl methyl sites for hydroxylation is 1. The monoisotopic (exact) mass is 409 g/mol. The van der Waals surface area contributed by atoms with Gasteiger partial charge in [0, 0.05) is 17.6 Å².